The van der Waals surface area contributed by atoms with Crippen LogP contribution in [0, 0.1) is 0 Å². The first-order valence-corrected chi connectivity index (χ1v) is 13.5. The van der Waals surface area contributed by atoms with Crippen LogP contribution in [0.4, 0.5) is 5.69 Å². The van der Waals surface area contributed by atoms with E-state index in [0.29, 0.717) is 10.8 Å². The van der Waals surface area contributed by atoms with Gasteiger partial charge in [0.25, 0.3) is 0 Å². The number of hydrogen-bond donors (Lipinski definition) is 1. The zero-order chi connectivity index (χ0) is 22.0. The Morgan fingerprint density at radius 3 is 2.55 bits per heavy atom. The van der Waals surface area contributed by atoms with Crippen LogP contribution in [0.15, 0.2) is 34.5 Å². The maximum atomic E-state index is 13.0. The second kappa shape index (κ2) is 9.58. The Balaban J connectivity index is 1.57. The first-order chi connectivity index (χ1) is 14.9. The fourth-order valence-electron chi connectivity index (χ4n) is 4.56. The molecule has 6 nitrogen and oxygen atoms in total. The van der Waals surface area contributed by atoms with Crippen molar-refractivity contribution in [2.45, 2.75) is 36.4 Å². The molecular formula is C23H34N4O2S2. The number of thiophene rings is 1. The van der Waals surface area contributed by atoms with E-state index in [9.17, 15) is 8.42 Å². The Kier molecular flexibility index (Phi) is 7.03. The van der Waals surface area contributed by atoms with E-state index in [4.69, 9.17) is 0 Å². The third kappa shape index (κ3) is 5.14. The third-order valence-corrected chi connectivity index (χ3v) is 9.68. The smallest absolute Gasteiger partial charge is 0.250 e. The van der Waals surface area contributed by atoms with Crippen molar-refractivity contribution >= 4 is 27.0 Å². The van der Waals surface area contributed by atoms with E-state index in [1.54, 1.807) is 6.07 Å². The van der Waals surface area contributed by atoms with Gasteiger partial charge in [-0.25, -0.2) is 13.1 Å². The second-order valence-corrected chi connectivity index (χ2v) is 11.9. The van der Waals surface area contributed by atoms with Crippen molar-refractivity contribution < 1.29 is 8.42 Å². The van der Waals surface area contributed by atoms with Crippen LogP contribution in [-0.4, -0.2) is 71.6 Å². The summed E-state index contributed by atoms with van der Waals surface area (Å²) in [6, 6.07) is 10.4. The van der Waals surface area contributed by atoms with Crippen molar-refractivity contribution in [3.8, 4) is 0 Å². The van der Waals surface area contributed by atoms with Gasteiger partial charge in [-0.3, -0.25) is 4.90 Å². The summed E-state index contributed by atoms with van der Waals surface area (Å²) in [6.45, 7) is 7.42. The first kappa shape index (κ1) is 22.7. The van der Waals surface area contributed by atoms with Gasteiger partial charge in [-0.05, 0) is 55.6 Å². The predicted molar refractivity (Wildman–Crippen MR) is 129 cm³/mol. The number of sulfonamides is 1. The van der Waals surface area contributed by atoms with Crippen LogP contribution < -0.4 is 9.62 Å². The van der Waals surface area contributed by atoms with Crippen LogP contribution >= 0.6 is 11.3 Å². The van der Waals surface area contributed by atoms with Crippen LogP contribution in [0.3, 0.4) is 0 Å². The van der Waals surface area contributed by atoms with Gasteiger partial charge in [-0.2, -0.15) is 0 Å². The van der Waals surface area contributed by atoms with Crippen molar-refractivity contribution in [2.24, 2.45) is 0 Å². The third-order valence-electron chi connectivity index (χ3n) is 6.53. The van der Waals surface area contributed by atoms with Crippen molar-refractivity contribution in [1.82, 2.24) is 14.5 Å². The van der Waals surface area contributed by atoms with Gasteiger partial charge in [0.05, 0.1) is 0 Å². The first-order valence-electron chi connectivity index (χ1n) is 11.2. The van der Waals surface area contributed by atoms with E-state index >= 15 is 0 Å². The summed E-state index contributed by atoms with van der Waals surface area (Å²) in [7, 11) is 0.788. The number of nitrogens with zero attached hydrogens (tertiary/aromatic N) is 3. The van der Waals surface area contributed by atoms with Crippen molar-refractivity contribution in [1.29, 1.82) is 0 Å². The topological polar surface area (TPSA) is 55.9 Å². The average Bonchev–Trinajstić information content (AvgIpc) is 3.26. The summed E-state index contributed by atoms with van der Waals surface area (Å²) in [5.41, 5.74) is 3.89. The lowest BCUT2D eigenvalue weighted by Gasteiger charge is -2.39. The molecule has 1 fully saturated rings. The van der Waals surface area contributed by atoms with Gasteiger partial charge in [0.2, 0.25) is 10.0 Å². The molecule has 0 unspecified atom stereocenters. The Morgan fingerprint density at radius 2 is 1.84 bits per heavy atom. The molecule has 0 amide bonds. The molecule has 0 radical (unpaired) electrons. The minimum absolute atomic E-state index is 0.0339. The molecule has 170 valence electrons. The van der Waals surface area contributed by atoms with Crippen LogP contribution in [-0.2, 0) is 22.9 Å². The summed E-state index contributed by atoms with van der Waals surface area (Å²) < 4.78 is 29.3. The molecule has 1 saturated heterocycles. The summed E-state index contributed by atoms with van der Waals surface area (Å²) in [5, 5.41) is 0. The number of aryl methyl sites for hydroxylation is 2. The zero-order valence-electron chi connectivity index (χ0n) is 18.8. The molecule has 0 aliphatic carbocycles. The van der Waals surface area contributed by atoms with Gasteiger partial charge in [-0.15, -0.1) is 11.3 Å². The highest BCUT2D eigenvalue weighted by Crippen LogP contribution is 2.31. The summed E-state index contributed by atoms with van der Waals surface area (Å²) in [6.07, 6.45) is 3.11. The highest BCUT2D eigenvalue weighted by atomic mass is 32.2. The molecule has 4 rings (SSSR count). The van der Waals surface area contributed by atoms with Gasteiger partial charge < -0.3 is 9.80 Å². The largest absolute Gasteiger partial charge is 0.374 e. The van der Waals surface area contributed by atoms with Crippen LogP contribution in [0.2, 0.25) is 0 Å². The normalized spacial score (nSPS) is 19.4. The molecule has 1 atom stereocenters. The number of piperazine rings is 1. The number of anilines is 1. The van der Waals surface area contributed by atoms with E-state index in [2.05, 4.69) is 51.7 Å². The van der Waals surface area contributed by atoms with Crippen molar-refractivity contribution in [2.75, 3.05) is 58.3 Å². The standard InChI is InChI=1S/C23H34N4O2S2/c1-4-20-8-10-23(30-20)31(28,29)24-17-22(27-14-12-25(2)13-15-27)19-7-9-21-18(16-19)6-5-11-26(21)3/h7-10,16,22,24H,4-6,11-15,17H2,1-3H3/t22-/m1/s1. The number of hydrogen-bond acceptors (Lipinski definition) is 6. The van der Waals surface area contributed by atoms with Crippen LogP contribution in [0.1, 0.15) is 35.4 Å². The number of likely N-dealkylation sites (N-methyl/N-ethyl adjacent to an activating group) is 1. The molecule has 0 bridgehead atoms. The Morgan fingerprint density at radius 1 is 1.06 bits per heavy atom. The average molecular weight is 463 g/mol. The molecule has 31 heavy (non-hydrogen) atoms. The zero-order valence-corrected chi connectivity index (χ0v) is 20.4. The summed E-state index contributed by atoms with van der Waals surface area (Å²) in [4.78, 5) is 8.17. The predicted octanol–water partition coefficient (Wildman–Crippen LogP) is 2.96. The van der Waals surface area contributed by atoms with Crippen LogP contribution in [0.5, 0.6) is 0 Å². The number of rotatable bonds is 7. The van der Waals surface area contributed by atoms with Gasteiger partial charge in [0.15, 0.2) is 0 Å². The summed E-state index contributed by atoms with van der Waals surface area (Å²) in [5.74, 6) is 0. The Bertz CT molecular complexity index is 997. The highest BCUT2D eigenvalue weighted by Gasteiger charge is 2.27. The molecule has 3 heterocycles. The van der Waals surface area contributed by atoms with E-state index < -0.39 is 10.0 Å². The lowest BCUT2D eigenvalue weighted by molar-refractivity contribution is 0.113. The van der Waals surface area contributed by atoms with E-state index in [0.717, 1.165) is 56.9 Å². The van der Waals surface area contributed by atoms with E-state index in [1.165, 1.54) is 28.2 Å². The van der Waals surface area contributed by atoms with Crippen LogP contribution in [0.25, 0.3) is 0 Å². The SMILES string of the molecule is CCc1ccc(S(=O)(=O)NC[C@H](c2ccc3c(c2)CCCN3C)N2CCN(C)CC2)s1. The summed E-state index contributed by atoms with van der Waals surface area (Å²) >= 11 is 1.37. The number of fused-ring (bicyclic) bond motifs is 1. The number of benzene rings is 1. The van der Waals surface area contributed by atoms with E-state index in [-0.39, 0.29) is 6.04 Å². The molecule has 1 N–H and O–H groups in total. The van der Waals surface area contributed by atoms with Crippen molar-refractivity contribution in [3.63, 3.8) is 0 Å². The van der Waals surface area contributed by atoms with Gasteiger partial charge >= 0.3 is 0 Å². The van der Waals surface area contributed by atoms with Crippen molar-refractivity contribution in [3.05, 3.63) is 46.3 Å². The molecular weight excluding hydrogens is 428 g/mol. The van der Waals surface area contributed by atoms with E-state index in [1.807, 2.05) is 13.0 Å². The molecule has 0 spiro atoms. The molecule has 1 aromatic carbocycles. The quantitative estimate of drug-likeness (QED) is 0.686. The Hall–Kier alpha value is -1.45. The lowest BCUT2D eigenvalue weighted by atomic mass is 9.95. The lowest BCUT2D eigenvalue weighted by Crippen LogP contribution is -2.48. The van der Waals surface area contributed by atoms with Gasteiger partial charge in [0.1, 0.15) is 4.21 Å². The minimum Gasteiger partial charge on any atom is -0.374 e. The minimum atomic E-state index is -3.50. The van der Waals surface area contributed by atoms with Gasteiger partial charge in [-0.1, -0.05) is 19.1 Å². The number of nitrogens with one attached hydrogen (secondary N) is 1. The maximum Gasteiger partial charge on any atom is 0.250 e. The molecule has 2 aromatic rings. The molecule has 8 heteroatoms. The van der Waals surface area contributed by atoms with Gasteiger partial charge in [0, 0.05) is 62.9 Å². The maximum absolute atomic E-state index is 13.0. The fourth-order valence-corrected chi connectivity index (χ4v) is 6.93. The second-order valence-electron chi connectivity index (χ2n) is 8.69. The Labute approximate surface area is 190 Å². The molecule has 0 saturated carbocycles. The monoisotopic (exact) mass is 462 g/mol. The molecule has 2 aliphatic heterocycles. The highest BCUT2D eigenvalue weighted by molar-refractivity contribution is 7.91. The fraction of sp³-hybridized carbons (Fsp3) is 0.565. The molecule has 2 aliphatic rings. The molecule has 1 aromatic heterocycles.